The lowest BCUT2D eigenvalue weighted by atomic mass is 10.0. The summed E-state index contributed by atoms with van der Waals surface area (Å²) in [5.74, 6) is 0.393. The fraction of sp³-hybridized carbons (Fsp3) is 0.417. The molecule has 0 saturated heterocycles. The fourth-order valence-electron chi connectivity index (χ4n) is 1.88. The van der Waals surface area contributed by atoms with Crippen LogP contribution >= 0.6 is 11.3 Å². The van der Waals surface area contributed by atoms with Gasteiger partial charge in [0.05, 0.1) is 5.39 Å². The van der Waals surface area contributed by atoms with Gasteiger partial charge in [0.2, 0.25) is 11.9 Å². The number of amides is 1. The fourth-order valence-corrected chi connectivity index (χ4v) is 2.77. The van der Waals surface area contributed by atoms with Crippen LogP contribution in [0.25, 0.3) is 10.2 Å². The van der Waals surface area contributed by atoms with Crippen LogP contribution in [0.1, 0.15) is 18.7 Å². The van der Waals surface area contributed by atoms with Crippen molar-refractivity contribution in [2.45, 2.75) is 26.8 Å². The van der Waals surface area contributed by atoms with E-state index in [1.54, 1.807) is 0 Å². The maximum atomic E-state index is 11.5. The molecule has 1 unspecified atom stereocenters. The van der Waals surface area contributed by atoms with E-state index >= 15 is 0 Å². The predicted molar refractivity (Wildman–Crippen MR) is 78.0 cm³/mol. The van der Waals surface area contributed by atoms with Gasteiger partial charge in [-0.2, -0.15) is 4.98 Å². The molecular formula is C12H17N5OS. The van der Waals surface area contributed by atoms with Crippen molar-refractivity contribution < 1.29 is 4.79 Å². The Morgan fingerprint density at radius 3 is 2.68 bits per heavy atom. The predicted octanol–water partition coefficient (Wildman–Crippen LogP) is 1.50. The van der Waals surface area contributed by atoms with Gasteiger partial charge in [0, 0.05) is 4.88 Å². The molecule has 2 aromatic heterocycles. The first-order valence-corrected chi connectivity index (χ1v) is 6.79. The first kappa shape index (κ1) is 13.5. The first-order chi connectivity index (χ1) is 8.88. The molecule has 2 rings (SSSR count). The molecule has 0 saturated carbocycles. The van der Waals surface area contributed by atoms with E-state index < -0.39 is 11.9 Å². The van der Waals surface area contributed by atoms with Gasteiger partial charge in [0.25, 0.3) is 0 Å². The molecule has 0 spiro atoms. The number of hydrogen-bond acceptors (Lipinski definition) is 6. The molecule has 5 N–H and O–H groups in total. The second kappa shape index (κ2) is 5.00. The summed E-state index contributed by atoms with van der Waals surface area (Å²) < 4.78 is 0. The topological polar surface area (TPSA) is 107 Å². The quantitative estimate of drug-likeness (QED) is 0.786. The van der Waals surface area contributed by atoms with Gasteiger partial charge in [-0.1, -0.05) is 13.8 Å². The van der Waals surface area contributed by atoms with Gasteiger partial charge in [-0.05, 0) is 18.9 Å². The second-order valence-corrected chi connectivity index (χ2v) is 6.01. The molecular weight excluding hydrogens is 262 g/mol. The molecule has 2 heterocycles. The number of aromatic nitrogens is 2. The van der Waals surface area contributed by atoms with Gasteiger partial charge in [0.15, 0.2) is 0 Å². The van der Waals surface area contributed by atoms with Gasteiger partial charge in [0.1, 0.15) is 16.7 Å². The summed E-state index contributed by atoms with van der Waals surface area (Å²) in [7, 11) is 0. The lowest BCUT2D eigenvalue weighted by Crippen LogP contribution is -2.39. The Morgan fingerprint density at radius 1 is 1.42 bits per heavy atom. The number of nitrogen functional groups attached to an aromatic ring is 1. The number of nitrogens with zero attached hydrogens (tertiary/aromatic N) is 2. The average molecular weight is 279 g/mol. The third kappa shape index (κ3) is 2.76. The van der Waals surface area contributed by atoms with Crippen molar-refractivity contribution in [1.29, 1.82) is 0 Å². The third-order valence-corrected chi connectivity index (χ3v) is 3.74. The molecule has 102 valence electrons. The largest absolute Gasteiger partial charge is 0.368 e. The normalized spacial score (nSPS) is 12.8. The Kier molecular flexibility index (Phi) is 3.57. The molecule has 6 nitrogen and oxygen atoms in total. The van der Waals surface area contributed by atoms with Crippen molar-refractivity contribution in [3.8, 4) is 0 Å². The summed E-state index contributed by atoms with van der Waals surface area (Å²) in [4.78, 5) is 21.7. The highest BCUT2D eigenvalue weighted by atomic mass is 32.1. The van der Waals surface area contributed by atoms with E-state index in [0.29, 0.717) is 5.82 Å². The zero-order valence-electron chi connectivity index (χ0n) is 11.1. The van der Waals surface area contributed by atoms with Gasteiger partial charge in [-0.25, -0.2) is 4.98 Å². The summed E-state index contributed by atoms with van der Waals surface area (Å²) in [6.45, 7) is 5.83. The minimum atomic E-state index is -0.488. The van der Waals surface area contributed by atoms with E-state index in [2.05, 4.69) is 15.3 Å². The number of anilines is 2. The monoisotopic (exact) mass is 279 g/mol. The number of carbonyl (C=O) groups is 1. The molecule has 0 aliphatic rings. The van der Waals surface area contributed by atoms with Crippen molar-refractivity contribution in [2.75, 3.05) is 11.1 Å². The zero-order valence-corrected chi connectivity index (χ0v) is 11.9. The smallest absolute Gasteiger partial charge is 0.240 e. The molecule has 0 aliphatic heterocycles. The number of hydrogen-bond donors (Lipinski definition) is 3. The minimum Gasteiger partial charge on any atom is -0.368 e. The second-order valence-electron chi connectivity index (χ2n) is 4.77. The van der Waals surface area contributed by atoms with Crippen molar-refractivity contribution in [1.82, 2.24) is 9.97 Å². The van der Waals surface area contributed by atoms with Gasteiger partial charge in [-0.15, -0.1) is 11.3 Å². The van der Waals surface area contributed by atoms with Crippen LogP contribution in [0.3, 0.4) is 0 Å². The van der Waals surface area contributed by atoms with Crippen molar-refractivity contribution in [3.05, 3.63) is 10.9 Å². The summed E-state index contributed by atoms with van der Waals surface area (Å²) in [6.07, 6.45) is 0. The number of fused-ring (bicyclic) bond motifs is 1. The number of nitrogens with two attached hydrogens (primary N) is 2. The van der Waals surface area contributed by atoms with E-state index in [4.69, 9.17) is 11.5 Å². The van der Waals surface area contributed by atoms with E-state index in [1.165, 1.54) is 11.3 Å². The van der Waals surface area contributed by atoms with Crippen LogP contribution in [0, 0.1) is 12.8 Å². The Bertz CT molecular complexity index is 622. The van der Waals surface area contributed by atoms with E-state index in [-0.39, 0.29) is 11.9 Å². The molecule has 19 heavy (non-hydrogen) atoms. The van der Waals surface area contributed by atoms with Gasteiger partial charge >= 0.3 is 0 Å². The summed E-state index contributed by atoms with van der Waals surface area (Å²) in [6, 6.07) is 1.48. The Hall–Kier alpha value is -1.89. The van der Waals surface area contributed by atoms with Crippen LogP contribution in [0.4, 0.5) is 11.8 Å². The van der Waals surface area contributed by atoms with Crippen LogP contribution in [0.15, 0.2) is 6.07 Å². The van der Waals surface area contributed by atoms with Crippen molar-refractivity contribution >= 4 is 39.2 Å². The summed E-state index contributed by atoms with van der Waals surface area (Å²) in [5, 5.41) is 3.94. The molecule has 1 amide bonds. The molecule has 7 heteroatoms. The Balaban J connectivity index is 2.46. The maximum absolute atomic E-state index is 11.5. The Labute approximate surface area is 115 Å². The average Bonchev–Trinajstić information content (AvgIpc) is 2.64. The van der Waals surface area contributed by atoms with E-state index in [0.717, 1.165) is 15.1 Å². The highest BCUT2D eigenvalue weighted by Crippen LogP contribution is 2.29. The van der Waals surface area contributed by atoms with Crippen LogP contribution in [0.5, 0.6) is 0 Å². The molecule has 0 aliphatic carbocycles. The number of primary amides is 1. The first-order valence-electron chi connectivity index (χ1n) is 5.98. The SMILES string of the molecule is Cc1cc2c(NC(C(N)=O)C(C)C)nc(N)nc2s1. The molecule has 0 bridgehead atoms. The molecule has 2 aromatic rings. The molecule has 0 radical (unpaired) electrons. The number of carbonyl (C=O) groups excluding carboxylic acids is 1. The highest BCUT2D eigenvalue weighted by Gasteiger charge is 2.21. The summed E-state index contributed by atoms with van der Waals surface area (Å²) >= 11 is 1.54. The minimum absolute atomic E-state index is 0.0588. The lowest BCUT2D eigenvalue weighted by Gasteiger charge is -2.19. The standard InChI is InChI=1S/C12H17N5OS/c1-5(2)8(9(13)18)15-10-7-4-6(3)19-11(7)17-12(14)16-10/h4-5,8H,1-3H3,(H2,13,18)(H3,14,15,16,17). The van der Waals surface area contributed by atoms with Crippen LogP contribution in [-0.2, 0) is 4.79 Å². The number of nitrogens with one attached hydrogen (secondary N) is 1. The van der Waals surface area contributed by atoms with Crippen molar-refractivity contribution in [3.63, 3.8) is 0 Å². The van der Waals surface area contributed by atoms with Crippen LogP contribution < -0.4 is 16.8 Å². The number of rotatable bonds is 4. The number of thiophene rings is 1. The highest BCUT2D eigenvalue weighted by molar-refractivity contribution is 7.18. The molecule has 0 aromatic carbocycles. The maximum Gasteiger partial charge on any atom is 0.240 e. The third-order valence-electron chi connectivity index (χ3n) is 2.80. The van der Waals surface area contributed by atoms with E-state index in [1.807, 2.05) is 26.8 Å². The molecule has 1 atom stereocenters. The van der Waals surface area contributed by atoms with E-state index in [9.17, 15) is 4.79 Å². The van der Waals surface area contributed by atoms with Crippen LogP contribution in [0.2, 0.25) is 0 Å². The summed E-state index contributed by atoms with van der Waals surface area (Å²) in [5.41, 5.74) is 11.1. The zero-order chi connectivity index (χ0) is 14.2. The molecule has 0 fully saturated rings. The number of aryl methyl sites for hydroxylation is 1. The van der Waals surface area contributed by atoms with Gasteiger partial charge < -0.3 is 16.8 Å². The van der Waals surface area contributed by atoms with Gasteiger partial charge in [-0.3, -0.25) is 4.79 Å². The van der Waals surface area contributed by atoms with Crippen LogP contribution in [-0.4, -0.2) is 21.9 Å². The van der Waals surface area contributed by atoms with Crippen molar-refractivity contribution in [2.24, 2.45) is 11.7 Å². The lowest BCUT2D eigenvalue weighted by molar-refractivity contribution is -0.119. The Morgan fingerprint density at radius 2 is 2.11 bits per heavy atom.